The van der Waals surface area contributed by atoms with Crippen LogP contribution < -0.4 is 10.6 Å². The van der Waals surface area contributed by atoms with Crippen LogP contribution in [0.3, 0.4) is 0 Å². The monoisotopic (exact) mass is 265 g/mol. The number of hydrogen-bond donors (Lipinski definition) is 2. The summed E-state index contributed by atoms with van der Waals surface area (Å²) in [5, 5.41) is 5.97. The molecule has 19 heavy (non-hydrogen) atoms. The Morgan fingerprint density at radius 3 is 2.89 bits per heavy atom. The SMILES string of the molecule is CCCNc1cc(C(=O)NCCOC(C)C)ccn1. The number of nitrogens with zero attached hydrogens (tertiary/aromatic N) is 1. The molecule has 1 amide bonds. The zero-order valence-electron chi connectivity index (χ0n) is 11.9. The molecule has 0 aliphatic carbocycles. The highest BCUT2D eigenvalue weighted by Crippen LogP contribution is 2.06. The van der Waals surface area contributed by atoms with Crippen LogP contribution in [0.15, 0.2) is 18.3 Å². The summed E-state index contributed by atoms with van der Waals surface area (Å²) in [6.45, 7) is 7.90. The third kappa shape index (κ3) is 6.20. The average molecular weight is 265 g/mol. The number of pyridine rings is 1. The van der Waals surface area contributed by atoms with Crippen LogP contribution in [0.5, 0.6) is 0 Å². The van der Waals surface area contributed by atoms with Gasteiger partial charge < -0.3 is 15.4 Å². The molecular formula is C14H23N3O2. The van der Waals surface area contributed by atoms with Gasteiger partial charge in [-0.3, -0.25) is 4.79 Å². The van der Waals surface area contributed by atoms with E-state index in [2.05, 4.69) is 22.5 Å². The molecule has 5 heteroatoms. The predicted molar refractivity (Wildman–Crippen MR) is 76.4 cm³/mol. The lowest BCUT2D eigenvalue weighted by Crippen LogP contribution is -2.28. The smallest absolute Gasteiger partial charge is 0.251 e. The van der Waals surface area contributed by atoms with Gasteiger partial charge >= 0.3 is 0 Å². The van der Waals surface area contributed by atoms with Gasteiger partial charge in [-0.05, 0) is 32.4 Å². The molecule has 1 rings (SSSR count). The van der Waals surface area contributed by atoms with Crippen LogP contribution >= 0.6 is 0 Å². The van der Waals surface area contributed by atoms with Gasteiger partial charge in [0, 0.05) is 24.8 Å². The minimum atomic E-state index is -0.102. The van der Waals surface area contributed by atoms with E-state index in [4.69, 9.17) is 4.74 Å². The van der Waals surface area contributed by atoms with Crippen LogP contribution in [0.1, 0.15) is 37.6 Å². The summed E-state index contributed by atoms with van der Waals surface area (Å²) >= 11 is 0. The zero-order valence-corrected chi connectivity index (χ0v) is 11.9. The molecule has 1 aromatic heterocycles. The van der Waals surface area contributed by atoms with Crippen molar-refractivity contribution in [3.63, 3.8) is 0 Å². The average Bonchev–Trinajstić information content (AvgIpc) is 2.41. The van der Waals surface area contributed by atoms with Crippen LogP contribution in [0, 0.1) is 0 Å². The number of anilines is 1. The maximum Gasteiger partial charge on any atom is 0.251 e. The van der Waals surface area contributed by atoms with Crippen molar-refractivity contribution in [3.8, 4) is 0 Å². The summed E-state index contributed by atoms with van der Waals surface area (Å²) in [6.07, 6.45) is 2.84. The number of nitrogens with one attached hydrogen (secondary N) is 2. The maximum absolute atomic E-state index is 11.9. The maximum atomic E-state index is 11.9. The van der Waals surface area contributed by atoms with Gasteiger partial charge in [0.25, 0.3) is 5.91 Å². The van der Waals surface area contributed by atoms with E-state index in [9.17, 15) is 4.79 Å². The second-order valence-electron chi connectivity index (χ2n) is 4.53. The molecule has 0 aliphatic heterocycles. The summed E-state index contributed by atoms with van der Waals surface area (Å²) in [7, 11) is 0. The summed E-state index contributed by atoms with van der Waals surface area (Å²) in [4.78, 5) is 16.1. The van der Waals surface area contributed by atoms with Crippen LogP contribution in [-0.4, -0.2) is 36.7 Å². The molecule has 0 radical (unpaired) electrons. The summed E-state index contributed by atoms with van der Waals surface area (Å²) in [5.41, 5.74) is 0.609. The lowest BCUT2D eigenvalue weighted by atomic mass is 10.2. The Balaban J connectivity index is 2.43. The largest absolute Gasteiger partial charge is 0.377 e. The van der Waals surface area contributed by atoms with Gasteiger partial charge in [0.05, 0.1) is 12.7 Å². The molecule has 0 unspecified atom stereocenters. The van der Waals surface area contributed by atoms with Crippen molar-refractivity contribution in [2.45, 2.75) is 33.3 Å². The Bertz CT molecular complexity index is 394. The van der Waals surface area contributed by atoms with Crippen molar-refractivity contribution in [2.75, 3.05) is 25.0 Å². The lowest BCUT2D eigenvalue weighted by molar-refractivity contribution is 0.0746. The van der Waals surface area contributed by atoms with E-state index in [1.807, 2.05) is 13.8 Å². The van der Waals surface area contributed by atoms with E-state index in [1.165, 1.54) is 0 Å². The topological polar surface area (TPSA) is 63.2 Å². The van der Waals surface area contributed by atoms with Crippen molar-refractivity contribution in [2.24, 2.45) is 0 Å². The van der Waals surface area contributed by atoms with Crippen molar-refractivity contribution in [1.29, 1.82) is 0 Å². The number of ether oxygens (including phenoxy) is 1. The number of carbonyl (C=O) groups is 1. The van der Waals surface area contributed by atoms with E-state index in [-0.39, 0.29) is 12.0 Å². The first-order chi connectivity index (χ1) is 9.13. The van der Waals surface area contributed by atoms with Gasteiger partial charge in [-0.2, -0.15) is 0 Å². The van der Waals surface area contributed by atoms with Crippen LogP contribution in [-0.2, 0) is 4.74 Å². The molecule has 5 nitrogen and oxygen atoms in total. The highest BCUT2D eigenvalue weighted by atomic mass is 16.5. The molecule has 0 saturated carbocycles. The third-order valence-corrected chi connectivity index (χ3v) is 2.42. The molecule has 0 atom stereocenters. The van der Waals surface area contributed by atoms with Crippen molar-refractivity contribution < 1.29 is 9.53 Å². The third-order valence-electron chi connectivity index (χ3n) is 2.42. The molecule has 0 aromatic carbocycles. The van der Waals surface area contributed by atoms with Crippen LogP contribution in [0.2, 0.25) is 0 Å². The number of amides is 1. The first-order valence-corrected chi connectivity index (χ1v) is 6.73. The predicted octanol–water partition coefficient (Wildman–Crippen LogP) is 2.06. The normalized spacial score (nSPS) is 10.5. The van der Waals surface area contributed by atoms with Gasteiger partial charge in [0.15, 0.2) is 0 Å². The fraction of sp³-hybridized carbons (Fsp3) is 0.571. The molecule has 0 saturated heterocycles. The number of hydrogen-bond acceptors (Lipinski definition) is 4. The number of aromatic nitrogens is 1. The first kappa shape index (κ1) is 15.4. The minimum absolute atomic E-state index is 0.102. The molecule has 0 bridgehead atoms. The van der Waals surface area contributed by atoms with E-state index in [1.54, 1.807) is 18.3 Å². The van der Waals surface area contributed by atoms with Gasteiger partial charge in [0.2, 0.25) is 0 Å². The van der Waals surface area contributed by atoms with E-state index in [0.29, 0.717) is 18.7 Å². The van der Waals surface area contributed by atoms with Crippen molar-refractivity contribution >= 4 is 11.7 Å². The molecule has 0 fully saturated rings. The lowest BCUT2D eigenvalue weighted by Gasteiger charge is -2.09. The quantitative estimate of drug-likeness (QED) is 0.706. The Hall–Kier alpha value is -1.62. The zero-order chi connectivity index (χ0) is 14.1. The standard InChI is InChI=1S/C14H23N3O2/c1-4-6-15-13-10-12(5-7-16-13)14(18)17-8-9-19-11(2)3/h5,7,10-11H,4,6,8-9H2,1-3H3,(H,15,16)(H,17,18). The van der Waals surface area contributed by atoms with Crippen molar-refractivity contribution in [1.82, 2.24) is 10.3 Å². The van der Waals surface area contributed by atoms with E-state index in [0.717, 1.165) is 18.8 Å². The summed E-state index contributed by atoms with van der Waals surface area (Å²) in [5.74, 6) is 0.627. The Kier molecular flexibility index (Phi) is 6.89. The van der Waals surface area contributed by atoms with Gasteiger partial charge in [-0.25, -0.2) is 4.98 Å². The molecule has 1 heterocycles. The minimum Gasteiger partial charge on any atom is -0.377 e. The van der Waals surface area contributed by atoms with E-state index < -0.39 is 0 Å². The fourth-order valence-corrected chi connectivity index (χ4v) is 1.48. The van der Waals surface area contributed by atoms with Crippen LogP contribution in [0.4, 0.5) is 5.82 Å². The second kappa shape index (κ2) is 8.48. The molecule has 0 spiro atoms. The van der Waals surface area contributed by atoms with Crippen molar-refractivity contribution in [3.05, 3.63) is 23.9 Å². The molecule has 1 aromatic rings. The number of rotatable bonds is 8. The molecule has 106 valence electrons. The molecule has 0 aliphatic rings. The van der Waals surface area contributed by atoms with Gasteiger partial charge in [0.1, 0.15) is 5.82 Å². The van der Waals surface area contributed by atoms with Crippen LogP contribution in [0.25, 0.3) is 0 Å². The summed E-state index contributed by atoms with van der Waals surface area (Å²) in [6, 6.07) is 3.46. The fourth-order valence-electron chi connectivity index (χ4n) is 1.48. The molecule has 2 N–H and O–H groups in total. The summed E-state index contributed by atoms with van der Waals surface area (Å²) < 4.78 is 5.37. The van der Waals surface area contributed by atoms with Gasteiger partial charge in [-0.1, -0.05) is 6.92 Å². The van der Waals surface area contributed by atoms with E-state index >= 15 is 0 Å². The number of carbonyl (C=O) groups excluding carboxylic acids is 1. The molecular weight excluding hydrogens is 242 g/mol. The first-order valence-electron chi connectivity index (χ1n) is 6.73. The Labute approximate surface area is 114 Å². The second-order valence-corrected chi connectivity index (χ2v) is 4.53. The Morgan fingerprint density at radius 1 is 1.42 bits per heavy atom. The Morgan fingerprint density at radius 2 is 2.21 bits per heavy atom. The highest BCUT2D eigenvalue weighted by Gasteiger charge is 2.06. The highest BCUT2D eigenvalue weighted by molar-refractivity contribution is 5.94. The van der Waals surface area contributed by atoms with Gasteiger partial charge in [-0.15, -0.1) is 0 Å².